The van der Waals surface area contributed by atoms with Crippen LogP contribution in [0.25, 0.3) is 0 Å². The lowest BCUT2D eigenvalue weighted by atomic mass is 9.91. The van der Waals surface area contributed by atoms with Crippen molar-refractivity contribution < 1.29 is 27.8 Å². The first kappa shape index (κ1) is 23.4. The SMILES string of the molecule is CC1(OC(=O)N2CCC([C@@H]3C[C@H]3CCOc3cc(F)c(CC(=O)N4CCC4)c(F)c3)CC2)CC1. The minimum atomic E-state index is -0.728. The van der Waals surface area contributed by atoms with E-state index in [1.165, 1.54) is 12.1 Å². The van der Waals surface area contributed by atoms with Crippen LogP contribution in [0, 0.1) is 29.4 Å². The molecule has 1 aromatic carbocycles. The topological polar surface area (TPSA) is 59.1 Å². The van der Waals surface area contributed by atoms with Gasteiger partial charge in [0.2, 0.25) is 5.91 Å². The van der Waals surface area contributed by atoms with Crippen LogP contribution in [0.5, 0.6) is 5.75 Å². The molecule has 0 spiro atoms. The first-order valence-electron chi connectivity index (χ1n) is 12.7. The summed E-state index contributed by atoms with van der Waals surface area (Å²) < 4.78 is 40.1. The van der Waals surface area contributed by atoms with Gasteiger partial charge in [-0.05, 0) is 69.6 Å². The average molecular weight is 477 g/mol. The minimum absolute atomic E-state index is 0.170. The minimum Gasteiger partial charge on any atom is -0.493 e. The second-order valence-corrected chi connectivity index (χ2v) is 10.7. The number of carbonyl (C=O) groups is 2. The van der Waals surface area contributed by atoms with E-state index in [2.05, 4.69) is 0 Å². The van der Waals surface area contributed by atoms with Crippen molar-refractivity contribution in [1.29, 1.82) is 0 Å². The van der Waals surface area contributed by atoms with E-state index in [1.807, 2.05) is 11.8 Å². The summed E-state index contributed by atoms with van der Waals surface area (Å²) in [6.45, 7) is 5.24. The molecule has 2 saturated heterocycles. The number of halogens is 2. The fraction of sp³-hybridized carbons (Fsp3) is 0.692. The zero-order valence-corrected chi connectivity index (χ0v) is 19.9. The van der Waals surface area contributed by atoms with E-state index in [9.17, 15) is 18.4 Å². The van der Waals surface area contributed by atoms with Crippen molar-refractivity contribution in [2.24, 2.45) is 17.8 Å². The van der Waals surface area contributed by atoms with Gasteiger partial charge in [-0.1, -0.05) is 0 Å². The molecule has 0 N–H and O–H groups in total. The highest BCUT2D eigenvalue weighted by atomic mass is 19.1. The third-order valence-electron chi connectivity index (χ3n) is 8.08. The summed E-state index contributed by atoms with van der Waals surface area (Å²) in [4.78, 5) is 27.8. The number of hydrogen-bond donors (Lipinski definition) is 0. The summed E-state index contributed by atoms with van der Waals surface area (Å²) in [6.07, 6.45) is 6.45. The maximum Gasteiger partial charge on any atom is 0.410 e. The monoisotopic (exact) mass is 476 g/mol. The van der Waals surface area contributed by atoms with Crippen LogP contribution in [0.1, 0.15) is 57.4 Å². The predicted molar refractivity (Wildman–Crippen MR) is 121 cm³/mol. The molecular formula is C26H34F2N2O4. The number of hydrogen-bond acceptors (Lipinski definition) is 4. The quantitative estimate of drug-likeness (QED) is 0.553. The Morgan fingerprint density at radius 3 is 2.32 bits per heavy atom. The molecule has 0 aromatic heterocycles. The van der Waals surface area contributed by atoms with Crippen LogP contribution in [-0.4, -0.2) is 60.2 Å². The summed E-state index contributed by atoms with van der Waals surface area (Å²) in [5.74, 6) is 0.302. The van der Waals surface area contributed by atoms with Crippen LogP contribution >= 0.6 is 0 Å². The molecular weight excluding hydrogens is 442 g/mol. The molecule has 2 amide bonds. The van der Waals surface area contributed by atoms with Crippen LogP contribution in [0.15, 0.2) is 12.1 Å². The lowest BCUT2D eigenvalue weighted by Crippen LogP contribution is -2.43. The van der Waals surface area contributed by atoms with Crippen molar-refractivity contribution in [3.8, 4) is 5.75 Å². The molecule has 5 rings (SSSR count). The Morgan fingerprint density at radius 2 is 1.74 bits per heavy atom. The van der Waals surface area contributed by atoms with Crippen LogP contribution < -0.4 is 4.74 Å². The van der Waals surface area contributed by atoms with Crippen molar-refractivity contribution in [2.75, 3.05) is 32.8 Å². The zero-order chi connectivity index (χ0) is 23.9. The number of carbonyl (C=O) groups excluding carboxylic acids is 2. The third-order valence-corrected chi connectivity index (χ3v) is 8.08. The molecule has 0 radical (unpaired) electrons. The van der Waals surface area contributed by atoms with Gasteiger partial charge in [-0.2, -0.15) is 0 Å². The highest BCUT2D eigenvalue weighted by Crippen LogP contribution is 2.50. The molecule has 2 aliphatic heterocycles. The van der Waals surface area contributed by atoms with Gasteiger partial charge in [-0.15, -0.1) is 0 Å². The van der Waals surface area contributed by atoms with E-state index < -0.39 is 11.6 Å². The van der Waals surface area contributed by atoms with E-state index in [-0.39, 0.29) is 35.3 Å². The number of rotatable bonds is 8. The van der Waals surface area contributed by atoms with Crippen LogP contribution in [0.2, 0.25) is 0 Å². The molecule has 2 heterocycles. The third kappa shape index (κ3) is 5.31. The Hall–Kier alpha value is -2.38. The van der Waals surface area contributed by atoms with Crippen molar-refractivity contribution in [1.82, 2.24) is 9.80 Å². The summed E-state index contributed by atoms with van der Waals surface area (Å²) in [6, 6.07) is 2.37. The number of nitrogens with zero attached hydrogens (tertiary/aromatic N) is 2. The molecule has 186 valence electrons. The average Bonchev–Trinajstić information content (AvgIpc) is 3.68. The Kier molecular flexibility index (Phi) is 6.42. The fourth-order valence-corrected chi connectivity index (χ4v) is 5.23. The van der Waals surface area contributed by atoms with Gasteiger partial charge in [0.1, 0.15) is 23.0 Å². The predicted octanol–water partition coefficient (Wildman–Crippen LogP) is 4.55. The van der Waals surface area contributed by atoms with Gasteiger partial charge in [-0.3, -0.25) is 4.79 Å². The van der Waals surface area contributed by atoms with Crippen molar-refractivity contribution >= 4 is 12.0 Å². The van der Waals surface area contributed by atoms with Gasteiger partial charge >= 0.3 is 6.09 Å². The van der Waals surface area contributed by atoms with E-state index in [4.69, 9.17) is 9.47 Å². The van der Waals surface area contributed by atoms with Gasteiger partial charge in [0.15, 0.2) is 0 Å². The number of likely N-dealkylation sites (tertiary alicyclic amines) is 2. The number of ether oxygens (including phenoxy) is 2. The van der Waals surface area contributed by atoms with Crippen LogP contribution in [0.4, 0.5) is 13.6 Å². The van der Waals surface area contributed by atoms with Gasteiger partial charge in [0.25, 0.3) is 0 Å². The second-order valence-electron chi connectivity index (χ2n) is 10.7. The molecule has 2 saturated carbocycles. The van der Waals surface area contributed by atoms with Crippen molar-refractivity contribution in [2.45, 2.75) is 63.9 Å². The highest BCUT2D eigenvalue weighted by Gasteiger charge is 2.45. The van der Waals surface area contributed by atoms with Crippen molar-refractivity contribution in [3.05, 3.63) is 29.3 Å². The molecule has 0 unspecified atom stereocenters. The van der Waals surface area contributed by atoms with Gasteiger partial charge in [0.05, 0.1) is 13.0 Å². The summed E-state index contributed by atoms with van der Waals surface area (Å²) in [5, 5.41) is 0. The normalized spacial score (nSPS) is 25.5. The molecule has 0 bridgehead atoms. The molecule has 1 aromatic rings. The smallest absolute Gasteiger partial charge is 0.410 e. The summed E-state index contributed by atoms with van der Waals surface area (Å²) in [7, 11) is 0. The Bertz CT molecular complexity index is 916. The molecule has 34 heavy (non-hydrogen) atoms. The standard InChI is InChI=1S/C26H34F2N2O4/c1-26(6-7-26)34-25(32)30-10-3-17(4-11-30)20-13-18(20)5-12-33-19-14-22(27)21(23(28)15-19)16-24(31)29-8-2-9-29/h14-15,17-18,20H,2-13,16H2,1H3/t18-,20+/m1/s1. The van der Waals surface area contributed by atoms with Gasteiger partial charge in [0, 0.05) is 43.9 Å². The zero-order valence-electron chi connectivity index (χ0n) is 19.9. The highest BCUT2D eigenvalue weighted by molar-refractivity contribution is 5.79. The van der Waals surface area contributed by atoms with Crippen molar-refractivity contribution in [3.63, 3.8) is 0 Å². The van der Waals surface area contributed by atoms with E-state index in [1.54, 1.807) is 4.90 Å². The first-order chi connectivity index (χ1) is 16.3. The maximum atomic E-state index is 14.4. The van der Waals surface area contributed by atoms with Gasteiger partial charge in [-0.25, -0.2) is 13.6 Å². The second kappa shape index (κ2) is 9.34. The summed E-state index contributed by atoms with van der Waals surface area (Å²) >= 11 is 0. The molecule has 6 nitrogen and oxygen atoms in total. The van der Waals surface area contributed by atoms with Crippen LogP contribution in [0.3, 0.4) is 0 Å². The van der Waals surface area contributed by atoms with Gasteiger partial charge < -0.3 is 19.3 Å². The maximum absolute atomic E-state index is 14.4. The summed E-state index contributed by atoms with van der Waals surface area (Å²) in [5.41, 5.74) is -0.416. The Balaban J connectivity index is 1.02. The molecule has 8 heteroatoms. The molecule has 2 atom stereocenters. The molecule has 4 fully saturated rings. The number of piperidine rings is 1. The van der Waals surface area contributed by atoms with E-state index in [0.29, 0.717) is 37.5 Å². The van der Waals surface area contributed by atoms with E-state index in [0.717, 1.165) is 58.0 Å². The largest absolute Gasteiger partial charge is 0.493 e. The van der Waals surface area contributed by atoms with Crippen LogP contribution in [-0.2, 0) is 16.0 Å². The lowest BCUT2D eigenvalue weighted by Gasteiger charge is -2.32. The van der Waals surface area contributed by atoms with E-state index >= 15 is 0 Å². The molecule has 4 aliphatic rings. The number of benzene rings is 1. The fourth-order valence-electron chi connectivity index (χ4n) is 5.23. The first-order valence-corrected chi connectivity index (χ1v) is 12.7. The Morgan fingerprint density at radius 1 is 1.06 bits per heavy atom. The molecule has 2 aliphatic carbocycles. The lowest BCUT2D eigenvalue weighted by molar-refractivity contribution is -0.133. The number of amides is 2. The Labute approximate surface area is 199 Å².